The van der Waals surface area contributed by atoms with Gasteiger partial charge in [0.15, 0.2) is 12.1 Å². The molecule has 1 spiro atoms. The lowest BCUT2D eigenvalue weighted by molar-refractivity contribution is -0.301. The van der Waals surface area contributed by atoms with Crippen LogP contribution in [-0.4, -0.2) is 108 Å². The van der Waals surface area contributed by atoms with E-state index in [1.807, 2.05) is 32.1 Å². The highest BCUT2D eigenvalue weighted by atomic mass is 16.7. The van der Waals surface area contributed by atoms with Crippen molar-refractivity contribution in [3.05, 3.63) is 59.3 Å². The number of methoxy groups -OCH3 is 1. The summed E-state index contributed by atoms with van der Waals surface area (Å²) in [6, 6.07) is 0. The van der Waals surface area contributed by atoms with Crippen LogP contribution in [0.5, 0.6) is 0 Å². The molecule has 5 aliphatic heterocycles. The Balaban J connectivity index is 1.24. The highest BCUT2D eigenvalue weighted by Crippen LogP contribution is 2.47. The fourth-order valence-corrected chi connectivity index (χ4v) is 9.99. The summed E-state index contributed by atoms with van der Waals surface area (Å²) in [5.41, 5.74) is 0.217. The molecule has 7 rings (SSSR count). The number of rotatable bonds is 4. The van der Waals surface area contributed by atoms with E-state index in [9.17, 15) is 20.1 Å². The molecular formula is C43H62O11. The van der Waals surface area contributed by atoms with Crippen molar-refractivity contribution in [2.75, 3.05) is 13.7 Å². The zero-order valence-corrected chi connectivity index (χ0v) is 32.8. The van der Waals surface area contributed by atoms with Crippen molar-refractivity contribution in [1.29, 1.82) is 0 Å². The van der Waals surface area contributed by atoms with Gasteiger partial charge in [0.1, 0.15) is 35.9 Å². The SMILES string of the molecule is COC1CC(OC2C(C)=CCC3CC(CC4(C=CC(C)C(C5CCCCC5)O4)O3)OC(=O)C3C=C(C)C(O)C4OCC(=CC=CC2C)C34O)OC(C)C1O. The molecule has 7 aliphatic rings. The van der Waals surface area contributed by atoms with Crippen molar-refractivity contribution in [2.45, 2.75) is 165 Å². The zero-order valence-electron chi connectivity index (χ0n) is 32.8. The second kappa shape index (κ2) is 16.3. The number of hydrogen-bond donors (Lipinski definition) is 3. The predicted octanol–water partition coefficient (Wildman–Crippen LogP) is 5.38. The van der Waals surface area contributed by atoms with Gasteiger partial charge in [-0.1, -0.05) is 69.6 Å². The van der Waals surface area contributed by atoms with E-state index in [0.29, 0.717) is 42.7 Å². The number of carbonyl (C=O) groups is 1. The standard InChI is InChI=1S/C43H62O11/c1-24-11-10-14-30-23-49-40-36(44)27(4)19-33(43(30,40)47)41(46)51-32-20-31(16-15-25(2)38(24)52-35-21-34(48-6)37(45)28(5)50-35)53-42(22-32)18-17-26(3)39(54-42)29-12-8-7-9-13-29/h10-11,14-15,17-19,24,26,28-29,31-40,44-45,47H,7-9,12-13,16,20-23H2,1-6H3. The highest BCUT2D eigenvalue weighted by molar-refractivity contribution is 5.78. The Labute approximate surface area is 320 Å². The van der Waals surface area contributed by atoms with Crippen LogP contribution in [0.1, 0.15) is 92.4 Å². The lowest BCUT2D eigenvalue weighted by Crippen LogP contribution is -2.58. The van der Waals surface area contributed by atoms with E-state index in [0.717, 1.165) is 18.4 Å². The number of fused-ring (bicyclic) bond motifs is 2. The molecule has 5 heterocycles. The molecule has 0 radical (unpaired) electrons. The Bertz CT molecular complexity index is 1510. The monoisotopic (exact) mass is 754 g/mol. The van der Waals surface area contributed by atoms with E-state index in [1.165, 1.54) is 19.3 Å². The van der Waals surface area contributed by atoms with Gasteiger partial charge in [-0.2, -0.15) is 0 Å². The van der Waals surface area contributed by atoms with Crippen LogP contribution >= 0.6 is 0 Å². The second-order valence-corrected chi connectivity index (χ2v) is 17.1. The molecule has 3 N–H and O–H groups in total. The first-order chi connectivity index (χ1) is 25.8. The smallest absolute Gasteiger partial charge is 0.316 e. The van der Waals surface area contributed by atoms with E-state index in [2.05, 4.69) is 26.0 Å². The van der Waals surface area contributed by atoms with Crippen molar-refractivity contribution in [3.8, 4) is 0 Å². The summed E-state index contributed by atoms with van der Waals surface area (Å²) >= 11 is 0. The summed E-state index contributed by atoms with van der Waals surface area (Å²) in [5, 5.41) is 34.2. The van der Waals surface area contributed by atoms with Crippen molar-refractivity contribution >= 4 is 5.97 Å². The van der Waals surface area contributed by atoms with E-state index < -0.39 is 72.3 Å². The van der Waals surface area contributed by atoms with Crippen LogP contribution in [0.4, 0.5) is 0 Å². The summed E-state index contributed by atoms with van der Waals surface area (Å²) in [7, 11) is 1.59. The molecule has 15 atom stereocenters. The molecule has 0 amide bonds. The van der Waals surface area contributed by atoms with Crippen LogP contribution in [0.2, 0.25) is 0 Å². The maximum absolute atomic E-state index is 14.3. The highest BCUT2D eigenvalue weighted by Gasteiger charge is 2.60. The van der Waals surface area contributed by atoms with Gasteiger partial charge >= 0.3 is 5.97 Å². The van der Waals surface area contributed by atoms with Gasteiger partial charge in [0, 0.05) is 38.2 Å². The quantitative estimate of drug-likeness (QED) is 0.252. The third-order valence-corrected chi connectivity index (χ3v) is 13.2. The Morgan fingerprint density at radius 2 is 1.72 bits per heavy atom. The van der Waals surface area contributed by atoms with Gasteiger partial charge in [-0.25, -0.2) is 0 Å². The molecule has 1 saturated carbocycles. The summed E-state index contributed by atoms with van der Waals surface area (Å²) in [4.78, 5) is 14.3. The number of aliphatic hydroxyl groups is 3. The Hall–Kier alpha value is -2.19. The van der Waals surface area contributed by atoms with Crippen molar-refractivity contribution in [1.82, 2.24) is 0 Å². The second-order valence-electron chi connectivity index (χ2n) is 17.1. The molecule has 0 aromatic rings. The summed E-state index contributed by atoms with van der Waals surface area (Å²) in [6.45, 7) is 9.92. The first-order valence-corrected chi connectivity index (χ1v) is 20.3. The van der Waals surface area contributed by atoms with E-state index in [4.69, 9.17) is 33.2 Å². The molecule has 300 valence electrons. The number of esters is 1. The van der Waals surface area contributed by atoms with Crippen LogP contribution in [0, 0.1) is 23.7 Å². The van der Waals surface area contributed by atoms with Crippen LogP contribution in [0.3, 0.4) is 0 Å². The van der Waals surface area contributed by atoms with Gasteiger partial charge in [0.05, 0.1) is 37.1 Å². The van der Waals surface area contributed by atoms with Crippen molar-refractivity contribution in [3.63, 3.8) is 0 Å². The third kappa shape index (κ3) is 7.87. The van der Waals surface area contributed by atoms with Gasteiger partial charge in [-0.15, -0.1) is 0 Å². The number of ether oxygens (including phenoxy) is 7. The Morgan fingerprint density at radius 1 is 0.944 bits per heavy atom. The van der Waals surface area contributed by atoms with E-state index >= 15 is 0 Å². The average molecular weight is 755 g/mol. The van der Waals surface area contributed by atoms with Gasteiger partial charge in [-0.05, 0) is 68.7 Å². The molecular weight excluding hydrogens is 692 g/mol. The lowest BCUT2D eigenvalue weighted by Gasteiger charge is -2.49. The molecule has 2 bridgehead atoms. The minimum Gasteiger partial charge on any atom is -0.462 e. The first-order valence-electron chi connectivity index (χ1n) is 20.3. The molecule has 54 heavy (non-hydrogen) atoms. The number of carbonyl (C=O) groups excluding carboxylic acids is 1. The minimum absolute atomic E-state index is 0.00602. The summed E-state index contributed by atoms with van der Waals surface area (Å²) in [6.07, 6.45) is 15.5. The lowest BCUT2D eigenvalue weighted by atomic mass is 9.71. The molecule has 0 aromatic heterocycles. The molecule has 11 nitrogen and oxygen atoms in total. The van der Waals surface area contributed by atoms with Crippen LogP contribution in [0.15, 0.2) is 59.3 Å². The van der Waals surface area contributed by atoms with Crippen LogP contribution in [0.25, 0.3) is 0 Å². The molecule has 15 unspecified atom stereocenters. The Morgan fingerprint density at radius 3 is 2.48 bits per heavy atom. The van der Waals surface area contributed by atoms with Crippen molar-refractivity contribution in [2.24, 2.45) is 23.7 Å². The molecule has 0 aromatic carbocycles. The maximum atomic E-state index is 14.3. The Kier molecular flexibility index (Phi) is 12.1. The maximum Gasteiger partial charge on any atom is 0.316 e. The zero-order chi connectivity index (χ0) is 38.4. The normalized spacial score (nSPS) is 46.4. The van der Waals surface area contributed by atoms with Crippen LogP contribution in [-0.2, 0) is 38.0 Å². The predicted molar refractivity (Wildman–Crippen MR) is 200 cm³/mol. The summed E-state index contributed by atoms with van der Waals surface area (Å²) < 4.78 is 44.8. The van der Waals surface area contributed by atoms with Crippen molar-refractivity contribution < 1.29 is 53.3 Å². The molecule has 2 aliphatic carbocycles. The largest absolute Gasteiger partial charge is 0.462 e. The van der Waals surface area contributed by atoms with Gasteiger partial charge in [-0.3, -0.25) is 4.79 Å². The van der Waals surface area contributed by atoms with Gasteiger partial charge < -0.3 is 48.5 Å². The number of aliphatic hydroxyl groups excluding tert-OH is 2. The first kappa shape index (κ1) is 40.0. The minimum atomic E-state index is -1.81. The summed E-state index contributed by atoms with van der Waals surface area (Å²) in [5.74, 6) is -2.20. The molecule has 3 saturated heterocycles. The number of hydrogen-bond acceptors (Lipinski definition) is 11. The van der Waals surface area contributed by atoms with Gasteiger partial charge in [0.2, 0.25) is 0 Å². The van der Waals surface area contributed by atoms with E-state index in [-0.39, 0.29) is 30.7 Å². The molecule has 4 fully saturated rings. The average Bonchev–Trinajstić information content (AvgIpc) is 3.49. The topological polar surface area (TPSA) is 142 Å². The fraction of sp³-hybridized carbons (Fsp3) is 0.744. The number of allylic oxidation sites excluding steroid dienone is 2. The third-order valence-electron chi connectivity index (χ3n) is 13.2. The fourth-order valence-electron chi connectivity index (χ4n) is 9.99. The van der Waals surface area contributed by atoms with Gasteiger partial charge in [0.25, 0.3) is 0 Å². The van der Waals surface area contributed by atoms with E-state index in [1.54, 1.807) is 26.2 Å². The van der Waals surface area contributed by atoms with Crippen LogP contribution < -0.4 is 0 Å². The molecule has 11 heteroatoms.